The van der Waals surface area contributed by atoms with Gasteiger partial charge in [-0.05, 0) is 23.7 Å². The summed E-state index contributed by atoms with van der Waals surface area (Å²) in [5.41, 5.74) is 2.21. The van der Waals surface area contributed by atoms with E-state index in [1.807, 2.05) is 24.3 Å². The van der Waals surface area contributed by atoms with E-state index < -0.39 is 5.24 Å². The van der Waals surface area contributed by atoms with Gasteiger partial charge in [-0.3, -0.25) is 4.79 Å². The zero-order valence-corrected chi connectivity index (χ0v) is 8.95. The van der Waals surface area contributed by atoms with Crippen LogP contribution in [0, 0.1) is 0 Å². The Bertz CT molecular complexity index is 702. The van der Waals surface area contributed by atoms with Crippen LogP contribution in [0.4, 0.5) is 0 Å². The Hall–Kier alpha value is -1.87. The second-order valence-corrected chi connectivity index (χ2v) is 3.90. The number of nitrogens with zero attached hydrogens (tertiary/aromatic N) is 1. The van der Waals surface area contributed by atoms with E-state index in [4.69, 9.17) is 11.6 Å². The van der Waals surface area contributed by atoms with Crippen LogP contribution in [0.25, 0.3) is 21.8 Å². The number of para-hydroxylation sites is 1. The molecule has 4 heteroatoms. The maximum absolute atomic E-state index is 11.0. The molecule has 0 atom stereocenters. The fraction of sp³-hybridized carbons (Fsp3) is 0. The fourth-order valence-corrected chi connectivity index (χ4v) is 1.96. The molecule has 0 aliphatic carbocycles. The predicted octanol–water partition coefficient (Wildman–Crippen LogP) is 3.10. The number of H-pyrrole nitrogens is 1. The van der Waals surface area contributed by atoms with Crippen LogP contribution < -0.4 is 0 Å². The topological polar surface area (TPSA) is 45.8 Å². The number of halogens is 1. The number of fused-ring (bicyclic) bond motifs is 3. The minimum Gasteiger partial charge on any atom is -0.353 e. The Labute approximate surface area is 96.1 Å². The van der Waals surface area contributed by atoms with Crippen molar-refractivity contribution in [1.29, 1.82) is 0 Å². The van der Waals surface area contributed by atoms with E-state index in [-0.39, 0.29) is 5.69 Å². The lowest BCUT2D eigenvalue weighted by Gasteiger charge is -1.93. The van der Waals surface area contributed by atoms with E-state index in [1.54, 1.807) is 12.3 Å². The third kappa shape index (κ3) is 1.29. The fourth-order valence-electron chi connectivity index (χ4n) is 1.86. The lowest BCUT2D eigenvalue weighted by Crippen LogP contribution is -1.92. The average Bonchev–Trinajstić information content (AvgIpc) is 2.66. The lowest BCUT2D eigenvalue weighted by molar-refractivity contribution is 0.107. The molecule has 2 heterocycles. The largest absolute Gasteiger partial charge is 0.353 e. The highest BCUT2D eigenvalue weighted by Crippen LogP contribution is 2.25. The van der Waals surface area contributed by atoms with Crippen molar-refractivity contribution in [3.05, 3.63) is 42.2 Å². The number of aromatic nitrogens is 2. The van der Waals surface area contributed by atoms with Gasteiger partial charge < -0.3 is 4.98 Å². The van der Waals surface area contributed by atoms with Gasteiger partial charge >= 0.3 is 0 Å². The molecule has 0 aliphatic heterocycles. The summed E-state index contributed by atoms with van der Waals surface area (Å²) in [7, 11) is 0. The molecular weight excluding hydrogens is 224 g/mol. The first-order valence-electron chi connectivity index (χ1n) is 4.82. The van der Waals surface area contributed by atoms with Crippen molar-refractivity contribution in [2.24, 2.45) is 0 Å². The van der Waals surface area contributed by atoms with Gasteiger partial charge in [-0.1, -0.05) is 18.2 Å². The van der Waals surface area contributed by atoms with Crippen LogP contribution in [0.1, 0.15) is 10.5 Å². The Morgan fingerprint density at radius 1 is 1.19 bits per heavy atom. The highest BCUT2D eigenvalue weighted by atomic mass is 35.5. The minimum atomic E-state index is -0.535. The van der Waals surface area contributed by atoms with Crippen LogP contribution in [0.2, 0.25) is 0 Å². The molecule has 3 nitrogen and oxygen atoms in total. The van der Waals surface area contributed by atoms with Gasteiger partial charge in [0.15, 0.2) is 0 Å². The number of hydrogen-bond acceptors (Lipinski definition) is 2. The summed E-state index contributed by atoms with van der Waals surface area (Å²) >= 11 is 5.41. The summed E-state index contributed by atoms with van der Waals surface area (Å²) in [6.07, 6.45) is 1.63. The Morgan fingerprint density at radius 2 is 2.00 bits per heavy atom. The molecule has 3 aromatic rings. The number of nitrogens with one attached hydrogen (secondary N) is 1. The Kier molecular flexibility index (Phi) is 1.94. The molecule has 3 rings (SSSR count). The maximum Gasteiger partial charge on any atom is 0.270 e. The number of rotatable bonds is 1. The van der Waals surface area contributed by atoms with Crippen LogP contribution in [0.3, 0.4) is 0 Å². The smallest absolute Gasteiger partial charge is 0.270 e. The first-order chi connectivity index (χ1) is 7.75. The average molecular weight is 231 g/mol. The van der Waals surface area contributed by atoms with Crippen molar-refractivity contribution in [2.75, 3.05) is 0 Å². The Morgan fingerprint density at radius 3 is 2.81 bits per heavy atom. The van der Waals surface area contributed by atoms with Crippen molar-refractivity contribution in [3.63, 3.8) is 0 Å². The number of carbonyl (C=O) groups excluding carboxylic acids is 1. The van der Waals surface area contributed by atoms with E-state index in [0.29, 0.717) is 0 Å². The van der Waals surface area contributed by atoms with Gasteiger partial charge in [0.1, 0.15) is 5.69 Å². The van der Waals surface area contributed by atoms with Crippen molar-refractivity contribution in [1.82, 2.24) is 9.97 Å². The molecule has 0 spiro atoms. The molecular formula is C12H7ClN2O. The summed E-state index contributed by atoms with van der Waals surface area (Å²) in [6, 6.07) is 9.61. The van der Waals surface area contributed by atoms with Gasteiger partial charge in [0.25, 0.3) is 5.24 Å². The quantitative estimate of drug-likeness (QED) is 0.653. The highest BCUT2D eigenvalue weighted by molar-refractivity contribution is 6.67. The Balaban J connectivity index is 2.44. The van der Waals surface area contributed by atoms with Crippen molar-refractivity contribution in [3.8, 4) is 0 Å². The molecule has 0 saturated carbocycles. The maximum atomic E-state index is 11.0. The second kappa shape index (κ2) is 3.32. The number of pyridine rings is 1. The van der Waals surface area contributed by atoms with Crippen LogP contribution in [0.15, 0.2) is 36.5 Å². The molecule has 1 aromatic carbocycles. The first kappa shape index (κ1) is 9.36. The molecule has 0 radical (unpaired) electrons. The number of aromatic amines is 1. The zero-order chi connectivity index (χ0) is 11.1. The standard InChI is InChI=1S/C12H7ClN2O/c13-12(16)10-5-8-7-3-1-2-4-9(7)15-11(8)6-14-10/h1-6,15H. The molecule has 2 aromatic heterocycles. The summed E-state index contributed by atoms with van der Waals surface area (Å²) in [5.74, 6) is 0. The van der Waals surface area contributed by atoms with Crippen LogP contribution in [0.5, 0.6) is 0 Å². The van der Waals surface area contributed by atoms with Crippen molar-refractivity contribution >= 4 is 38.6 Å². The van der Waals surface area contributed by atoms with Gasteiger partial charge in [0.2, 0.25) is 0 Å². The van der Waals surface area contributed by atoms with Gasteiger partial charge in [0.05, 0.1) is 11.7 Å². The summed E-state index contributed by atoms with van der Waals surface area (Å²) in [6.45, 7) is 0. The highest BCUT2D eigenvalue weighted by Gasteiger charge is 2.08. The molecule has 78 valence electrons. The van der Waals surface area contributed by atoms with E-state index in [9.17, 15) is 4.79 Å². The zero-order valence-electron chi connectivity index (χ0n) is 8.20. The second-order valence-electron chi connectivity index (χ2n) is 3.56. The molecule has 16 heavy (non-hydrogen) atoms. The number of benzene rings is 1. The number of carbonyl (C=O) groups is 1. The monoisotopic (exact) mass is 230 g/mol. The van der Waals surface area contributed by atoms with Crippen LogP contribution in [-0.4, -0.2) is 15.2 Å². The summed E-state index contributed by atoms with van der Waals surface area (Å²) in [4.78, 5) is 18.3. The summed E-state index contributed by atoms with van der Waals surface area (Å²) < 4.78 is 0. The molecule has 0 aliphatic rings. The van der Waals surface area contributed by atoms with Crippen molar-refractivity contribution < 1.29 is 4.79 Å². The molecule has 0 saturated heterocycles. The first-order valence-corrected chi connectivity index (χ1v) is 5.20. The molecule has 1 N–H and O–H groups in total. The van der Waals surface area contributed by atoms with E-state index in [2.05, 4.69) is 9.97 Å². The van der Waals surface area contributed by atoms with Crippen LogP contribution in [-0.2, 0) is 0 Å². The van der Waals surface area contributed by atoms with Crippen LogP contribution >= 0.6 is 11.6 Å². The number of hydrogen-bond donors (Lipinski definition) is 1. The van der Waals surface area contributed by atoms with E-state index >= 15 is 0 Å². The predicted molar refractivity (Wildman–Crippen MR) is 63.8 cm³/mol. The van der Waals surface area contributed by atoms with Gasteiger partial charge in [-0.15, -0.1) is 0 Å². The van der Waals surface area contributed by atoms with E-state index in [1.165, 1.54) is 0 Å². The molecule has 0 bridgehead atoms. The SMILES string of the molecule is O=C(Cl)c1cc2c(cn1)[nH]c1ccccc12. The molecule has 0 unspecified atom stereocenters. The molecule has 0 amide bonds. The third-order valence-electron chi connectivity index (χ3n) is 2.59. The lowest BCUT2D eigenvalue weighted by atomic mass is 10.2. The summed E-state index contributed by atoms with van der Waals surface area (Å²) in [5, 5.41) is 1.50. The normalized spacial score (nSPS) is 11.1. The van der Waals surface area contributed by atoms with Gasteiger partial charge in [-0.2, -0.15) is 0 Å². The molecule has 0 fully saturated rings. The minimum absolute atomic E-state index is 0.277. The van der Waals surface area contributed by atoms with Crippen molar-refractivity contribution in [2.45, 2.75) is 0 Å². The van der Waals surface area contributed by atoms with Gasteiger partial charge in [-0.25, -0.2) is 4.98 Å². The van der Waals surface area contributed by atoms with E-state index in [0.717, 1.165) is 21.8 Å². The third-order valence-corrected chi connectivity index (χ3v) is 2.79. The van der Waals surface area contributed by atoms with Gasteiger partial charge in [0, 0.05) is 16.3 Å².